The predicted molar refractivity (Wildman–Crippen MR) is 199 cm³/mol. The molecule has 0 heterocycles. The van der Waals surface area contributed by atoms with Crippen molar-refractivity contribution in [3.63, 3.8) is 0 Å². The molecule has 0 atom stereocenters. The van der Waals surface area contributed by atoms with Crippen molar-refractivity contribution < 1.29 is 40.7 Å². The van der Waals surface area contributed by atoms with Crippen LogP contribution in [0.25, 0.3) is 0 Å². The highest BCUT2D eigenvalue weighted by atomic mass is 35.5. The van der Waals surface area contributed by atoms with Crippen molar-refractivity contribution in [3.05, 3.63) is 152 Å². The third-order valence-corrected chi connectivity index (χ3v) is 9.52. The molecular formula is C38H35Cl2F3N2O7S. The van der Waals surface area contributed by atoms with Gasteiger partial charge in [0.05, 0.1) is 50.9 Å². The van der Waals surface area contributed by atoms with Gasteiger partial charge in [0, 0.05) is 17.5 Å². The summed E-state index contributed by atoms with van der Waals surface area (Å²) >= 11 is 11.2. The number of anilines is 1. The van der Waals surface area contributed by atoms with Crippen LogP contribution in [0, 0.1) is 10.1 Å². The van der Waals surface area contributed by atoms with Gasteiger partial charge >= 0.3 is 6.18 Å². The first kappa shape index (κ1) is 40.9. The minimum Gasteiger partial charge on any atom is -0.494 e. The van der Waals surface area contributed by atoms with Gasteiger partial charge in [0.15, 0.2) is 0 Å². The van der Waals surface area contributed by atoms with Crippen molar-refractivity contribution in [2.45, 2.75) is 43.9 Å². The van der Waals surface area contributed by atoms with Crippen LogP contribution in [-0.4, -0.2) is 26.6 Å². The third-order valence-electron chi connectivity index (χ3n) is 7.52. The Morgan fingerprint density at radius 3 is 2.09 bits per heavy atom. The van der Waals surface area contributed by atoms with Crippen molar-refractivity contribution in [1.29, 1.82) is 0 Å². The molecule has 0 aliphatic rings. The number of sulfonamides is 1. The Kier molecular flexibility index (Phi) is 13.8. The summed E-state index contributed by atoms with van der Waals surface area (Å²) in [5, 5.41) is 9.68. The lowest BCUT2D eigenvalue weighted by Crippen LogP contribution is -2.24. The predicted octanol–water partition coefficient (Wildman–Crippen LogP) is 11.1. The molecule has 0 aromatic heterocycles. The van der Waals surface area contributed by atoms with Crippen LogP contribution >= 0.6 is 23.2 Å². The molecule has 5 rings (SSSR count). The molecule has 15 heteroatoms. The average Bonchev–Trinajstić information content (AvgIpc) is 3.10. The maximum absolute atomic E-state index is 12.8. The van der Waals surface area contributed by atoms with Gasteiger partial charge < -0.3 is 14.2 Å². The summed E-state index contributed by atoms with van der Waals surface area (Å²) in [4.78, 5) is 9.19. The summed E-state index contributed by atoms with van der Waals surface area (Å²) in [6.07, 6.45) is -4.84. The van der Waals surface area contributed by atoms with Crippen LogP contribution in [-0.2, 0) is 33.0 Å². The number of nitrogens with one attached hydrogen (secondary N) is 1. The molecule has 0 saturated heterocycles. The first-order valence-corrected chi connectivity index (χ1v) is 18.2. The average molecular weight is 792 g/mol. The SMILES string of the molecule is CCOc1ccc(C(C)(C)COCc2cccc(Oc3ccccc3)c2)cc1.O=[N+]([O-])c1ccc(NS(=O)(=O)c2ccc(Cl)c(C(F)(F)F)c2)c(Cl)c1. The third kappa shape index (κ3) is 11.8. The van der Waals surface area contributed by atoms with E-state index in [1.165, 1.54) is 5.56 Å². The number of nitro groups is 1. The maximum atomic E-state index is 12.8. The normalized spacial score (nSPS) is 11.6. The Bertz CT molecular complexity index is 2120. The van der Waals surface area contributed by atoms with Crippen molar-refractivity contribution >= 4 is 44.6 Å². The Labute approximate surface area is 315 Å². The molecule has 1 N–H and O–H groups in total. The molecule has 0 spiro atoms. The van der Waals surface area contributed by atoms with Crippen molar-refractivity contribution in [1.82, 2.24) is 0 Å². The molecule has 0 radical (unpaired) electrons. The van der Waals surface area contributed by atoms with E-state index < -0.39 is 36.6 Å². The Balaban J connectivity index is 0.000000238. The summed E-state index contributed by atoms with van der Waals surface area (Å²) in [7, 11) is -4.43. The van der Waals surface area contributed by atoms with E-state index in [0.29, 0.717) is 25.9 Å². The second kappa shape index (κ2) is 17.8. The lowest BCUT2D eigenvalue weighted by atomic mass is 9.85. The molecule has 53 heavy (non-hydrogen) atoms. The summed E-state index contributed by atoms with van der Waals surface area (Å²) in [5.41, 5.74) is 0.331. The van der Waals surface area contributed by atoms with Crippen LogP contribution in [0.1, 0.15) is 37.5 Å². The van der Waals surface area contributed by atoms with Gasteiger partial charge in [0.2, 0.25) is 0 Å². The van der Waals surface area contributed by atoms with Crippen LogP contribution in [0.4, 0.5) is 24.5 Å². The second-order valence-electron chi connectivity index (χ2n) is 12.1. The summed E-state index contributed by atoms with van der Waals surface area (Å²) < 4.78 is 82.5. The van der Waals surface area contributed by atoms with Gasteiger partial charge in [-0.2, -0.15) is 13.2 Å². The molecule has 280 valence electrons. The number of hydrogen-bond acceptors (Lipinski definition) is 7. The highest BCUT2D eigenvalue weighted by molar-refractivity contribution is 7.92. The zero-order chi connectivity index (χ0) is 38.8. The molecule has 0 amide bonds. The molecule has 0 aliphatic heterocycles. The zero-order valence-electron chi connectivity index (χ0n) is 28.7. The molecule has 0 saturated carbocycles. The van der Waals surface area contributed by atoms with Gasteiger partial charge in [-0.15, -0.1) is 0 Å². The Hall–Kier alpha value is -4.82. The van der Waals surface area contributed by atoms with Gasteiger partial charge in [0.25, 0.3) is 15.7 Å². The smallest absolute Gasteiger partial charge is 0.417 e. The van der Waals surface area contributed by atoms with E-state index in [-0.39, 0.29) is 21.8 Å². The molecule has 9 nitrogen and oxygen atoms in total. The molecule has 0 fully saturated rings. The van der Waals surface area contributed by atoms with E-state index in [1.807, 2.05) is 72.3 Å². The monoisotopic (exact) mass is 790 g/mol. The van der Waals surface area contributed by atoms with Gasteiger partial charge in [0.1, 0.15) is 17.2 Å². The number of nitrogens with zero attached hydrogens (tertiary/aromatic N) is 1. The van der Waals surface area contributed by atoms with Crippen LogP contribution in [0.15, 0.2) is 120 Å². The van der Waals surface area contributed by atoms with Crippen LogP contribution in [0.3, 0.4) is 0 Å². The minimum absolute atomic E-state index is 0.0805. The molecule has 0 aliphatic carbocycles. The van der Waals surface area contributed by atoms with Crippen molar-refractivity contribution in [2.24, 2.45) is 0 Å². The number of para-hydroxylation sites is 1. The first-order valence-electron chi connectivity index (χ1n) is 15.9. The quantitative estimate of drug-likeness (QED) is 0.0932. The topological polar surface area (TPSA) is 117 Å². The van der Waals surface area contributed by atoms with E-state index in [4.69, 9.17) is 37.4 Å². The fourth-order valence-corrected chi connectivity index (χ4v) is 6.40. The van der Waals surface area contributed by atoms with Gasteiger partial charge in [-0.3, -0.25) is 14.8 Å². The van der Waals surface area contributed by atoms with E-state index in [0.717, 1.165) is 53.1 Å². The second-order valence-corrected chi connectivity index (χ2v) is 14.6. The Morgan fingerprint density at radius 1 is 0.792 bits per heavy atom. The summed E-state index contributed by atoms with van der Waals surface area (Å²) in [6, 6.07) is 31.1. The number of non-ortho nitro benzene ring substituents is 1. The van der Waals surface area contributed by atoms with Crippen LogP contribution < -0.4 is 14.2 Å². The molecule has 0 unspecified atom stereocenters. The maximum Gasteiger partial charge on any atom is 0.417 e. The molecular weight excluding hydrogens is 756 g/mol. The van der Waals surface area contributed by atoms with Crippen LogP contribution in [0.2, 0.25) is 10.0 Å². The summed E-state index contributed by atoms with van der Waals surface area (Å²) in [6.45, 7) is 8.23. The number of nitro benzene ring substituents is 1. The van der Waals surface area contributed by atoms with E-state index >= 15 is 0 Å². The number of halogens is 5. The Morgan fingerprint density at radius 2 is 1.47 bits per heavy atom. The van der Waals surface area contributed by atoms with Gasteiger partial charge in [-0.25, -0.2) is 8.42 Å². The van der Waals surface area contributed by atoms with Crippen molar-refractivity contribution in [2.75, 3.05) is 17.9 Å². The number of hydrogen-bond donors (Lipinski definition) is 1. The zero-order valence-corrected chi connectivity index (χ0v) is 31.0. The van der Waals surface area contributed by atoms with Crippen molar-refractivity contribution in [3.8, 4) is 17.2 Å². The van der Waals surface area contributed by atoms with E-state index in [1.54, 1.807) is 0 Å². The highest BCUT2D eigenvalue weighted by Gasteiger charge is 2.34. The number of benzene rings is 5. The largest absolute Gasteiger partial charge is 0.494 e. The van der Waals surface area contributed by atoms with E-state index in [9.17, 15) is 31.7 Å². The fourth-order valence-electron chi connectivity index (χ4n) is 4.79. The molecule has 5 aromatic carbocycles. The lowest BCUT2D eigenvalue weighted by molar-refractivity contribution is -0.384. The summed E-state index contributed by atoms with van der Waals surface area (Å²) in [5.74, 6) is 2.55. The van der Waals surface area contributed by atoms with E-state index in [2.05, 4.69) is 32.0 Å². The fraction of sp³-hybridized carbons (Fsp3) is 0.211. The first-order chi connectivity index (χ1) is 25.0. The van der Waals surface area contributed by atoms with Gasteiger partial charge in [-0.1, -0.05) is 79.5 Å². The van der Waals surface area contributed by atoms with Gasteiger partial charge in [-0.05, 0) is 78.7 Å². The molecule has 0 bridgehead atoms. The lowest BCUT2D eigenvalue weighted by Gasteiger charge is -2.25. The molecule has 5 aromatic rings. The number of ether oxygens (including phenoxy) is 3. The standard InChI is InChI=1S/C25H28O3.C13H7Cl2F3N2O4S/c1-4-27-22-15-13-21(14-16-22)25(2,3)19-26-18-20-9-8-12-24(17-20)28-23-10-6-5-7-11-23;14-10-3-2-8(6-9(10)13(16,17)18)25(23,24)19-12-4-1-7(20(21)22)5-11(12)15/h5-17H,4,18-19H2,1-3H3;1-6,19H. The van der Waals surface area contributed by atoms with Crippen LogP contribution in [0.5, 0.6) is 17.2 Å². The highest BCUT2D eigenvalue weighted by Crippen LogP contribution is 2.37. The number of alkyl halides is 3. The number of rotatable bonds is 13. The minimum atomic E-state index is -4.84.